The van der Waals surface area contributed by atoms with Gasteiger partial charge < -0.3 is 4.92 Å². The van der Waals surface area contributed by atoms with Crippen LogP contribution in [0.1, 0.15) is 11.3 Å². The first-order valence-corrected chi connectivity index (χ1v) is 7.95. The number of amidine groups is 1. The molecule has 1 aromatic heterocycles. The Hall–Kier alpha value is -3.59. The van der Waals surface area contributed by atoms with Crippen LogP contribution in [-0.4, -0.2) is 17.8 Å². The highest BCUT2D eigenvalue weighted by Crippen LogP contribution is 2.18. The van der Waals surface area contributed by atoms with Crippen LogP contribution < -0.4 is 15.8 Å². The Morgan fingerprint density at radius 2 is 1.68 bits per heavy atom. The zero-order chi connectivity index (χ0) is 17.1. The van der Waals surface area contributed by atoms with E-state index in [1.54, 1.807) is 6.20 Å². The number of hydrogen-bond donors (Lipinski definition) is 1. The quantitative estimate of drug-likeness (QED) is 0.750. The van der Waals surface area contributed by atoms with Crippen molar-refractivity contribution in [3.05, 3.63) is 90.3 Å². The predicted octanol–water partition coefficient (Wildman–Crippen LogP) is 2.12. The molecule has 1 aliphatic heterocycles. The van der Waals surface area contributed by atoms with Gasteiger partial charge in [0, 0.05) is 11.9 Å². The first-order valence-electron chi connectivity index (χ1n) is 7.95. The molecule has 0 saturated heterocycles. The molecule has 0 unspecified atom stereocenters. The number of para-hydroxylation sites is 1. The number of aromatic nitrogens is 1. The van der Waals surface area contributed by atoms with Crippen molar-refractivity contribution >= 4 is 24.0 Å². The van der Waals surface area contributed by atoms with Crippen molar-refractivity contribution in [2.75, 3.05) is 4.92 Å². The van der Waals surface area contributed by atoms with Crippen molar-refractivity contribution < 1.29 is 0 Å². The van der Waals surface area contributed by atoms with Gasteiger partial charge >= 0.3 is 6.98 Å². The van der Waals surface area contributed by atoms with E-state index < -0.39 is 0 Å². The van der Waals surface area contributed by atoms with E-state index in [4.69, 9.17) is 10.2 Å². The first-order chi connectivity index (χ1) is 12.3. The van der Waals surface area contributed by atoms with Crippen LogP contribution >= 0.6 is 0 Å². The minimum atomic E-state index is -0.229. The number of nitriles is 1. The van der Waals surface area contributed by atoms with Crippen molar-refractivity contribution in [1.82, 2.24) is 10.4 Å². The molecule has 0 spiro atoms. The Morgan fingerprint density at radius 1 is 0.920 bits per heavy atom. The smallest absolute Gasteiger partial charge is 0.300 e. The van der Waals surface area contributed by atoms with Crippen LogP contribution in [0.3, 0.4) is 0 Å². The van der Waals surface area contributed by atoms with Gasteiger partial charge in [-0.3, -0.25) is 15.3 Å². The van der Waals surface area contributed by atoms with Gasteiger partial charge in [-0.2, -0.15) is 5.26 Å². The third kappa shape index (κ3) is 2.95. The van der Waals surface area contributed by atoms with Crippen LogP contribution in [0.5, 0.6) is 0 Å². The number of hydrazine groups is 1. The summed E-state index contributed by atoms with van der Waals surface area (Å²) in [7, 11) is 0. The number of hydrogen-bond acceptors (Lipinski definition) is 5. The Balaban J connectivity index is 1.75. The zero-order valence-corrected chi connectivity index (χ0v) is 13.4. The number of nitrogens with one attached hydrogen (secondary N) is 1. The van der Waals surface area contributed by atoms with Crippen molar-refractivity contribution in [3.8, 4) is 6.07 Å². The molecule has 0 bridgehead atoms. The minimum absolute atomic E-state index is 0.229. The summed E-state index contributed by atoms with van der Waals surface area (Å²) in [5, 5.41) is 9.01. The van der Waals surface area contributed by atoms with Gasteiger partial charge in [0.05, 0.1) is 11.6 Å². The average molecular weight is 323 g/mol. The maximum absolute atomic E-state index is 9.01. The highest BCUT2D eigenvalue weighted by molar-refractivity contribution is 6.77. The molecule has 3 aromatic rings. The monoisotopic (exact) mass is 323 g/mol. The molecule has 4 rings (SSSR count). The predicted molar refractivity (Wildman–Crippen MR) is 99.4 cm³/mol. The standard InChI is InChI=1S/C19H14BN5/c21-14-15-9-11-16(12-10-15)20-23-19(18-8-4-5-13-22-18)24-25(20)17-6-2-1-3-7-17/h1-13H,(H,23,24). The van der Waals surface area contributed by atoms with Crippen LogP contribution in [0.2, 0.25) is 0 Å². The van der Waals surface area contributed by atoms with Gasteiger partial charge in [-0.1, -0.05) is 36.4 Å². The summed E-state index contributed by atoms with van der Waals surface area (Å²) in [5.74, 6) is 0.721. The van der Waals surface area contributed by atoms with Crippen LogP contribution in [0.15, 0.2) is 83.9 Å². The van der Waals surface area contributed by atoms with Crippen molar-refractivity contribution in [3.63, 3.8) is 0 Å². The maximum atomic E-state index is 9.01. The van der Waals surface area contributed by atoms with E-state index in [1.165, 1.54) is 0 Å². The average Bonchev–Trinajstić information content (AvgIpc) is 3.15. The molecule has 0 amide bonds. The molecule has 0 saturated carbocycles. The minimum Gasteiger partial charge on any atom is -0.300 e. The summed E-state index contributed by atoms with van der Waals surface area (Å²) in [6, 6.07) is 25.4. The molecule has 0 radical (unpaired) electrons. The molecular weight excluding hydrogens is 309 g/mol. The second kappa shape index (κ2) is 6.50. The Morgan fingerprint density at radius 3 is 2.36 bits per heavy atom. The van der Waals surface area contributed by atoms with Gasteiger partial charge in [0.2, 0.25) is 0 Å². The molecule has 25 heavy (non-hydrogen) atoms. The maximum Gasteiger partial charge on any atom is 0.451 e. The van der Waals surface area contributed by atoms with Gasteiger partial charge in [-0.05, 0) is 41.9 Å². The lowest BCUT2D eigenvalue weighted by molar-refractivity contribution is 1.01. The largest absolute Gasteiger partial charge is 0.451 e. The molecule has 1 N–H and O–H groups in total. The number of nitrogens with zero attached hydrogens (tertiary/aromatic N) is 4. The normalized spacial score (nSPS) is 13.2. The first kappa shape index (κ1) is 15.0. The van der Waals surface area contributed by atoms with Gasteiger partial charge in [-0.15, -0.1) is 0 Å². The lowest BCUT2D eigenvalue weighted by Gasteiger charge is -2.23. The molecular formula is C19H14BN5. The summed E-state index contributed by atoms with van der Waals surface area (Å²) in [6.07, 6.45) is 1.75. The summed E-state index contributed by atoms with van der Waals surface area (Å²) in [4.78, 5) is 11.2. The second-order valence-corrected chi connectivity index (χ2v) is 5.62. The molecule has 0 aliphatic carbocycles. The zero-order valence-electron chi connectivity index (χ0n) is 13.4. The van der Waals surface area contributed by atoms with Crippen LogP contribution in [0, 0.1) is 11.3 Å². The third-order valence-electron chi connectivity index (χ3n) is 4.00. The van der Waals surface area contributed by atoms with E-state index in [2.05, 4.69) is 16.5 Å². The number of anilines is 1. The van der Waals surface area contributed by atoms with E-state index in [0.29, 0.717) is 5.56 Å². The lowest BCUT2D eigenvalue weighted by atomic mass is 9.68. The Kier molecular flexibility index (Phi) is 3.89. The highest BCUT2D eigenvalue weighted by atomic mass is 15.5. The molecule has 6 heteroatoms. The van der Waals surface area contributed by atoms with E-state index in [9.17, 15) is 0 Å². The third-order valence-corrected chi connectivity index (χ3v) is 4.00. The molecule has 0 fully saturated rings. The number of rotatable bonds is 3. The number of benzene rings is 2. The van der Waals surface area contributed by atoms with Crippen LogP contribution in [0.4, 0.5) is 5.69 Å². The molecule has 118 valence electrons. The van der Waals surface area contributed by atoms with Gasteiger partial charge in [0.1, 0.15) is 5.69 Å². The van der Waals surface area contributed by atoms with Crippen LogP contribution in [0.25, 0.3) is 0 Å². The fourth-order valence-electron chi connectivity index (χ4n) is 2.76. The summed E-state index contributed by atoms with van der Waals surface area (Å²) in [6.45, 7) is -0.229. The highest BCUT2D eigenvalue weighted by Gasteiger charge is 2.34. The summed E-state index contributed by atoms with van der Waals surface area (Å²) in [5.41, 5.74) is 6.79. The molecule has 0 atom stereocenters. The van der Waals surface area contributed by atoms with Crippen molar-refractivity contribution in [2.24, 2.45) is 4.90 Å². The molecule has 1 aliphatic rings. The lowest BCUT2D eigenvalue weighted by Crippen LogP contribution is -2.50. The fraction of sp³-hybridized carbons (Fsp3) is 0. The molecule has 2 heterocycles. The van der Waals surface area contributed by atoms with Crippen LogP contribution in [-0.2, 0) is 0 Å². The molecule has 5 nitrogen and oxygen atoms in total. The van der Waals surface area contributed by atoms with E-state index in [0.717, 1.165) is 22.7 Å². The van der Waals surface area contributed by atoms with Crippen molar-refractivity contribution in [1.29, 1.82) is 5.26 Å². The van der Waals surface area contributed by atoms with E-state index in [1.807, 2.05) is 77.7 Å². The van der Waals surface area contributed by atoms with Crippen molar-refractivity contribution in [2.45, 2.75) is 0 Å². The van der Waals surface area contributed by atoms with Gasteiger partial charge in [0.25, 0.3) is 0 Å². The van der Waals surface area contributed by atoms with E-state index in [-0.39, 0.29) is 6.98 Å². The topological polar surface area (TPSA) is 64.3 Å². The van der Waals surface area contributed by atoms with Gasteiger partial charge in [0.15, 0.2) is 5.84 Å². The fourth-order valence-corrected chi connectivity index (χ4v) is 2.76. The Bertz CT molecular complexity index is 933. The molecule has 2 aromatic carbocycles. The summed E-state index contributed by atoms with van der Waals surface area (Å²) < 4.78 is 0. The van der Waals surface area contributed by atoms with Gasteiger partial charge in [-0.25, -0.2) is 0 Å². The second-order valence-electron chi connectivity index (χ2n) is 5.62. The number of pyridine rings is 1. The Labute approximate surface area is 146 Å². The SMILES string of the molecule is N#Cc1ccc(B2N=C(c3ccccn3)NN2c2ccccc2)cc1. The summed E-state index contributed by atoms with van der Waals surface area (Å²) >= 11 is 0. The van der Waals surface area contributed by atoms with E-state index >= 15 is 0 Å².